The molecule has 0 aliphatic rings. The fourth-order valence-corrected chi connectivity index (χ4v) is 0.719. The molecule has 0 rings (SSSR count). The second-order valence-corrected chi connectivity index (χ2v) is 4.18. The van der Waals surface area contributed by atoms with E-state index in [0.29, 0.717) is 0 Å². The van der Waals surface area contributed by atoms with Crippen molar-refractivity contribution in [3.63, 3.8) is 0 Å². The standard InChI is InChI=1S/C7H18N2S/c1-7(2,10)6-9-5-3-4-8/h9-10H,3-6,8H2,1-2H3/p-1. The summed E-state index contributed by atoms with van der Waals surface area (Å²) < 4.78 is -0.0192. The summed E-state index contributed by atoms with van der Waals surface area (Å²) in [4.78, 5) is 0. The first-order valence-corrected chi connectivity index (χ1v) is 4.08. The molecule has 0 spiro atoms. The summed E-state index contributed by atoms with van der Waals surface area (Å²) in [6.07, 6.45) is 1.03. The van der Waals surface area contributed by atoms with Gasteiger partial charge in [0.1, 0.15) is 0 Å². The number of hydrogen-bond acceptors (Lipinski definition) is 3. The highest BCUT2D eigenvalue weighted by molar-refractivity contribution is 7.60. The number of hydrogen-bond donors (Lipinski definition) is 2. The highest BCUT2D eigenvalue weighted by atomic mass is 32.1. The summed E-state index contributed by atoms with van der Waals surface area (Å²) in [5, 5.41) is 3.24. The van der Waals surface area contributed by atoms with Crippen LogP contribution in [-0.2, 0) is 12.6 Å². The molecule has 3 N–H and O–H groups in total. The van der Waals surface area contributed by atoms with Crippen LogP contribution in [0.4, 0.5) is 0 Å². The molecule has 10 heavy (non-hydrogen) atoms. The zero-order valence-corrected chi connectivity index (χ0v) is 7.63. The van der Waals surface area contributed by atoms with E-state index in [1.54, 1.807) is 0 Å². The van der Waals surface area contributed by atoms with E-state index >= 15 is 0 Å². The average Bonchev–Trinajstić information content (AvgIpc) is 1.78. The van der Waals surface area contributed by atoms with E-state index in [4.69, 9.17) is 18.4 Å². The van der Waals surface area contributed by atoms with Crippen molar-refractivity contribution in [2.45, 2.75) is 25.0 Å². The van der Waals surface area contributed by atoms with Crippen molar-refractivity contribution in [3.05, 3.63) is 0 Å². The fourth-order valence-electron chi connectivity index (χ4n) is 0.616. The van der Waals surface area contributed by atoms with Crippen LogP contribution in [0.3, 0.4) is 0 Å². The lowest BCUT2D eigenvalue weighted by molar-refractivity contribution is 0.580. The van der Waals surface area contributed by atoms with Crippen molar-refractivity contribution in [1.82, 2.24) is 5.32 Å². The molecule has 0 aliphatic heterocycles. The predicted octanol–water partition coefficient (Wildman–Crippen LogP) is 0.250. The third-order valence-electron chi connectivity index (χ3n) is 1.11. The summed E-state index contributed by atoms with van der Waals surface area (Å²) >= 11 is 5.14. The molecule has 0 amide bonds. The largest absolute Gasteiger partial charge is 0.785 e. The molecule has 0 saturated carbocycles. The van der Waals surface area contributed by atoms with Gasteiger partial charge in [-0.3, -0.25) is 0 Å². The maximum atomic E-state index is 5.31. The van der Waals surface area contributed by atoms with E-state index < -0.39 is 0 Å². The van der Waals surface area contributed by atoms with Crippen LogP contribution in [0.15, 0.2) is 0 Å². The van der Waals surface area contributed by atoms with Gasteiger partial charge >= 0.3 is 0 Å². The highest BCUT2D eigenvalue weighted by Crippen LogP contribution is 1.99. The smallest absolute Gasteiger partial charge is 0.00375 e. The maximum Gasteiger partial charge on any atom is -0.00375 e. The summed E-state index contributed by atoms with van der Waals surface area (Å²) in [5.74, 6) is 0. The summed E-state index contributed by atoms with van der Waals surface area (Å²) in [6.45, 7) is 6.71. The number of nitrogens with two attached hydrogens (primary N) is 1. The Bertz CT molecular complexity index is 78.2. The van der Waals surface area contributed by atoms with Crippen LogP contribution in [0.25, 0.3) is 0 Å². The molecular formula is C7H17N2S-. The van der Waals surface area contributed by atoms with Crippen LogP contribution in [0, 0.1) is 0 Å². The third kappa shape index (κ3) is 8.27. The van der Waals surface area contributed by atoms with E-state index in [1.807, 2.05) is 13.8 Å². The van der Waals surface area contributed by atoms with Crippen LogP contribution >= 0.6 is 0 Å². The molecule has 0 aromatic heterocycles. The maximum absolute atomic E-state index is 5.31. The van der Waals surface area contributed by atoms with Crippen LogP contribution in [0.1, 0.15) is 20.3 Å². The topological polar surface area (TPSA) is 38.0 Å². The van der Waals surface area contributed by atoms with Crippen LogP contribution in [-0.4, -0.2) is 24.4 Å². The molecule has 0 aromatic rings. The zero-order valence-electron chi connectivity index (χ0n) is 6.81. The molecular weight excluding hydrogens is 144 g/mol. The molecule has 3 heteroatoms. The van der Waals surface area contributed by atoms with Crippen molar-refractivity contribution >= 4 is 12.6 Å². The molecule has 2 nitrogen and oxygen atoms in total. The van der Waals surface area contributed by atoms with Gasteiger partial charge in [-0.2, -0.15) is 0 Å². The van der Waals surface area contributed by atoms with Crippen LogP contribution in [0.5, 0.6) is 0 Å². The Morgan fingerprint density at radius 1 is 1.50 bits per heavy atom. The van der Waals surface area contributed by atoms with Gasteiger partial charge in [-0.25, -0.2) is 0 Å². The molecule has 0 bridgehead atoms. The Kier molecular flexibility index (Phi) is 5.13. The Morgan fingerprint density at radius 3 is 2.50 bits per heavy atom. The van der Waals surface area contributed by atoms with E-state index in [-0.39, 0.29) is 4.75 Å². The van der Waals surface area contributed by atoms with Crippen molar-refractivity contribution in [2.24, 2.45) is 5.73 Å². The van der Waals surface area contributed by atoms with Crippen molar-refractivity contribution < 1.29 is 0 Å². The minimum Gasteiger partial charge on any atom is -0.785 e. The lowest BCUT2D eigenvalue weighted by atomic mass is 10.2. The number of rotatable bonds is 5. The van der Waals surface area contributed by atoms with Crippen molar-refractivity contribution in [2.75, 3.05) is 19.6 Å². The monoisotopic (exact) mass is 161 g/mol. The van der Waals surface area contributed by atoms with Crippen LogP contribution in [0.2, 0.25) is 0 Å². The van der Waals surface area contributed by atoms with Gasteiger partial charge < -0.3 is 23.7 Å². The van der Waals surface area contributed by atoms with E-state index in [1.165, 1.54) is 0 Å². The van der Waals surface area contributed by atoms with Gasteiger partial charge in [0.05, 0.1) is 0 Å². The lowest BCUT2D eigenvalue weighted by Gasteiger charge is -2.32. The quantitative estimate of drug-likeness (QED) is 0.448. The van der Waals surface area contributed by atoms with E-state index in [9.17, 15) is 0 Å². The van der Waals surface area contributed by atoms with Gasteiger partial charge in [0.15, 0.2) is 0 Å². The van der Waals surface area contributed by atoms with E-state index in [0.717, 1.165) is 26.1 Å². The van der Waals surface area contributed by atoms with Gasteiger partial charge in [-0.05, 0) is 26.1 Å². The molecule has 0 fully saturated rings. The molecule has 0 atom stereocenters. The molecule has 0 saturated heterocycles. The Hall–Kier alpha value is 0.270. The van der Waals surface area contributed by atoms with Gasteiger partial charge in [0.2, 0.25) is 0 Å². The van der Waals surface area contributed by atoms with Gasteiger partial charge in [-0.15, -0.1) is 4.75 Å². The first kappa shape index (κ1) is 10.3. The summed E-state index contributed by atoms with van der Waals surface area (Å²) in [6, 6.07) is 0. The Morgan fingerprint density at radius 2 is 2.10 bits per heavy atom. The normalized spacial score (nSPS) is 12.0. The average molecular weight is 161 g/mol. The summed E-state index contributed by atoms with van der Waals surface area (Å²) in [5.41, 5.74) is 5.31. The second kappa shape index (κ2) is 4.99. The molecule has 0 heterocycles. The minimum absolute atomic E-state index is 0.0192. The molecule has 0 unspecified atom stereocenters. The lowest BCUT2D eigenvalue weighted by Crippen LogP contribution is -2.33. The van der Waals surface area contributed by atoms with E-state index in [2.05, 4.69) is 5.32 Å². The van der Waals surface area contributed by atoms with Gasteiger partial charge in [0.25, 0.3) is 0 Å². The SMILES string of the molecule is CC(C)([S-])CNCCCN. The zero-order chi connectivity index (χ0) is 8.04. The van der Waals surface area contributed by atoms with Crippen LogP contribution < -0.4 is 11.1 Å². The molecule has 62 valence electrons. The fraction of sp³-hybridized carbons (Fsp3) is 1.00. The highest BCUT2D eigenvalue weighted by Gasteiger charge is 1.97. The molecule has 0 aliphatic carbocycles. The summed E-state index contributed by atoms with van der Waals surface area (Å²) in [7, 11) is 0. The van der Waals surface area contributed by atoms with Gasteiger partial charge in [-0.1, -0.05) is 13.8 Å². The third-order valence-corrected chi connectivity index (χ3v) is 1.25. The number of nitrogens with one attached hydrogen (secondary N) is 1. The molecule has 0 radical (unpaired) electrons. The first-order chi connectivity index (χ1) is 4.56. The Labute approximate surface area is 69.0 Å². The van der Waals surface area contributed by atoms with Crippen molar-refractivity contribution in [3.8, 4) is 0 Å². The first-order valence-electron chi connectivity index (χ1n) is 3.67. The minimum atomic E-state index is -0.0192. The van der Waals surface area contributed by atoms with Gasteiger partial charge in [0, 0.05) is 0 Å². The second-order valence-electron chi connectivity index (χ2n) is 3.08. The van der Waals surface area contributed by atoms with Crippen molar-refractivity contribution in [1.29, 1.82) is 0 Å². The Balaban J connectivity index is 3.04. The molecule has 0 aromatic carbocycles. The predicted molar refractivity (Wildman–Crippen MR) is 48.0 cm³/mol.